The van der Waals surface area contributed by atoms with E-state index in [1.165, 1.54) is 12.8 Å². The highest BCUT2D eigenvalue weighted by atomic mass is 79.9. The molecule has 1 saturated heterocycles. The van der Waals surface area contributed by atoms with E-state index in [0.717, 1.165) is 47.5 Å². The number of pyridine rings is 1. The van der Waals surface area contributed by atoms with Crippen molar-refractivity contribution in [3.63, 3.8) is 0 Å². The van der Waals surface area contributed by atoms with Crippen LogP contribution in [0.3, 0.4) is 0 Å². The summed E-state index contributed by atoms with van der Waals surface area (Å²) in [5, 5.41) is 3.46. The van der Waals surface area contributed by atoms with Crippen molar-refractivity contribution in [1.29, 1.82) is 0 Å². The fourth-order valence-electron chi connectivity index (χ4n) is 2.54. The summed E-state index contributed by atoms with van der Waals surface area (Å²) in [5.41, 5.74) is 0. The van der Waals surface area contributed by atoms with Gasteiger partial charge in [0.25, 0.3) is 0 Å². The SMILES string of the molecule is COCCNCC1CCCN(c2ncc(Br)cc2Br)C1. The Bertz CT molecular complexity index is 431. The molecule has 1 aromatic heterocycles. The van der Waals surface area contributed by atoms with Gasteiger partial charge in [0.1, 0.15) is 5.82 Å². The van der Waals surface area contributed by atoms with E-state index < -0.39 is 0 Å². The molecule has 1 unspecified atom stereocenters. The molecule has 2 heterocycles. The lowest BCUT2D eigenvalue weighted by atomic mass is 9.98. The fraction of sp³-hybridized carbons (Fsp3) is 0.643. The molecule has 4 nitrogen and oxygen atoms in total. The molecule has 1 atom stereocenters. The van der Waals surface area contributed by atoms with Crippen LogP contribution in [0.5, 0.6) is 0 Å². The first-order chi connectivity index (χ1) is 9.70. The van der Waals surface area contributed by atoms with Crippen LogP contribution in [0.4, 0.5) is 5.82 Å². The highest BCUT2D eigenvalue weighted by Gasteiger charge is 2.22. The Labute approximate surface area is 137 Å². The molecule has 0 amide bonds. The van der Waals surface area contributed by atoms with Crippen molar-refractivity contribution in [3.8, 4) is 0 Å². The zero-order chi connectivity index (χ0) is 14.4. The summed E-state index contributed by atoms with van der Waals surface area (Å²) in [5.74, 6) is 1.73. The first kappa shape index (κ1) is 16.2. The number of aromatic nitrogens is 1. The quantitative estimate of drug-likeness (QED) is 0.736. The number of rotatable bonds is 6. The monoisotopic (exact) mass is 405 g/mol. The Kier molecular flexibility index (Phi) is 6.74. The van der Waals surface area contributed by atoms with Gasteiger partial charge in [0.05, 0.1) is 11.1 Å². The average Bonchev–Trinajstić information content (AvgIpc) is 2.44. The van der Waals surface area contributed by atoms with Gasteiger partial charge in [-0.3, -0.25) is 0 Å². The van der Waals surface area contributed by atoms with E-state index in [0.29, 0.717) is 5.92 Å². The summed E-state index contributed by atoms with van der Waals surface area (Å²) in [4.78, 5) is 6.92. The molecule has 1 aliphatic rings. The predicted octanol–water partition coefficient (Wildman–Crippen LogP) is 3.06. The number of anilines is 1. The Balaban J connectivity index is 1.89. The maximum atomic E-state index is 5.06. The van der Waals surface area contributed by atoms with Crippen LogP contribution in [-0.4, -0.2) is 44.9 Å². The molecule has 1 aromatic rings. The van der Waals surface area contributed by atoms with E-state index in [2.05, 4.69) is 53.1 Å². The molecule has 112 valence electrons. The normalized spacial score (nSPS) is 19.4. The fourth-order valence-corrected chi connectivity index (χ4v) is 3.78. The molecule has 1 fully saturated rings. The third kappa shape index (κ3) is 4.69. The number of hydrogen-bond donors (Lipinski definition) is 1. The number of piperidine rings is 1. The van der Waals surface area contributed by atoms with Crippen LogP contribution < -0.4 is 10.2 Å². The van der Waals surface area contributed by atoms with Gasteiger partial charge >= 0.3 is 0 Å². The largest absolute Gasteiger partial charge is 0.383 e. The summed E-state index contributed by atoms with van der Waals surface area (Å²) in [6.07, 6.45) is 4.37. The van der Waals surface area contributed by atoms with Crippen LogP contribution in [0.15, 0.2) is 21.2 Å². The Hall–Kier alpha value is -0.170. The Morgan fingerprint density at radius 1 is 1.50 bits per heavy atom. The molecule has 0 bridgehead atoms. The third-order valence-corrected chi connectivity index (χ3v) is 4.54. The van der Waals surface area contributed by atoms with E-state index >= 15 is 0 Å². The van der Waals surface area contributed by atoms with Gasteiger partial charge in [0.15, 0.2) is 0 Å². The minimum atomic E-state index is 0.679. The van der Waals surface area contributed by atoms with Gasteiger partial charge in [0, 0.05) is 37.4 Å². The number of nitrogens with zero attached hydrogens (tertiary/aromatic N) is 2. The zero-order valence-corrected chi connectivity index (χ0v) is 14.9. The highest BCUT2D eigenvalue weighted by molar-refractivity contribution is 9.11. The van der Waals surface area contributed by atoms with Crippen molar-refractivity contribution >= 4 is 37.7 Å². The molecule has 0 saturated carbocycles. The molecule has 1 aliphatic heterocycles. The summed E-state index contributed by atoms with van der Waals surface area (Å²) < 4.78 is 7.11. The van der Waals surface area contributed by atoms with Crippen LogP contribution in [0.1, 0.15) is 12.8 Å². The van der Waals surface area contributed by atoms with E-state index in [4.69, 9.17) is 4.74 Å². The number of nitrogens with one attached hydrogen (secondary N) is 1. The minimum Gasteiger partial charge on any atom is -0.383 e. The van der Waals surface area contributed by atoms with E-state index in [1.807, 2.05) is 6.20 Å². The van der Waals surface area contributed by atoms with Crippen molar-refractivity contribution in [3.05, 3.63) is 21.2 Å². The van der Waals surface area contributed by atoms with Crippen molar-refractivity contribution in [2.75, 3.05) is 44.8 Å². The average molecular weight is 407 g/mol. The molecule has 0 radical (unpaired) electrons. The number of methoxy groups -OCH3 is 1. The van der Waals surface area contributed by atoms with Gasteiger partial charge in [0.2, 0.25) is 0 Å². The smallest absolute Gasteiger partial charge is 0.142 e. The Morgan fingerprint density at radius 2 is 2.35 bits per heavy atom. The molecule has 0 aliphatic carbocycles. The van der Waals surface area contributed by atoms with Gasteiger partial charge in [-0.1, -0.05) is 0 Å². The lowest BCUT2D eigenvalue weighted by Crippen LogP contribution is -2.40. The molecule has 2 rings (SSSR count). The lowest BCUT2D eigenvalue weighted by molar-refractivity contribution is 0.197. The van der Waals surface area contributed by atoms with Crippen LogP contribution >= 0.6 is 31.9 Å². The summed E-state index contributed by atoms with van der Waals surface area (Å²) in [6.45, 7) is 4.90. The van der Waals surface area contributed by atoms with Crippen molar-refractivity contribution < 1.29 is 4.74 Å². The van der Waals surface area contributed by atoms with E-state index in [9.17, 15) is 0 Å². The number of halogens is 2. The van der Waals surface area contributed by atoms with Crippen LogP contribution in [0, 0.1) is 5.92 Å². The van der Waals surface area contributed by atoms with Crippen molar-refractivity contribution in [2.24, 2.45) is 5.92 Å². The van der Waals surface area contributed by atoms with Crippen LogP contribution in [-0.2, 0) is 4.74 Å². The predicted molar refractivity (Wildman–Crippen MR) is 89.3 cm³/mol. The molecular formula is C14H21Br2N3O. The van der Waals surface area contributed by atoms with E-state index in [-0.39, 0.29) is 0 Å². The second-order valence-electron chi connectivity index (χ2n) is 5.11. The van der Waals surface area contributed by atoms with Crippen LogP contribution in [0.2, 0.25) is 0 Å². The molecule has 0 spiro atoms. The topological polar surface area (TPSA) is 37.4 Å². The van der Waals surface area contributed by atoms with Gasteiger partial charge < -0.3 is 15.0 Å². The molecular weight excluding hydrogens is 386 g/mol. The van der Waals surface area contributed by atoms with Gasteiger partial charge in [-0.2, -0.15) is 0 Å². The Morgan fingerprint density at radius 3 is 3.10 bits per heavy atom. The second kappa shape index (κ2) is 8.32. The first-order valence-electron chi connectivity index (χ1n) is 6.96. The number of hydrogen-bond acceptors (Lipinski definition) is 4. The molecule has 1 N–H and O–H groups in total. The molecule has 6 heteroatoms. The van der Waals surface area contributed by atoms with Crippen molar-refractivity contribution in [2.45, 2.75) is 12.8 Å². The van der Waals surface area contributed by atoms with Crippen LogP contribution in [0.25, 0.3) is 0 Å². The standard InChI is InChI=1S/C14H21Br2N3O/c1-20-6-4-17-8-11-3-2-5-19(10-11)14-13(16)7-12(15)9-18-14/h7,9,11,17H,2-6,8,10H2,1H3. The third-order valence-electron chi connectivity index (χ3n) is 3.52. The highest BCUT2D eigenvalue weighted by Crippen LogP contribution is 2.29. The number of ether oxygens (including phenoxy) is 1. The minimum absolute atomic E-state index is 0.679. The second-order valence-corrected chi connectivity index (χ2v) is 6.88. The van der Waals surface area contributed by atoms with Gasteiger partial charge in [-0.15, -0.1) is 0 Å². The lowest BCUT2D eigenvalue weighted by Gasteiger charge is -2.34. The zero-order valence-electron chi connectivity index (χ0n) is 11.7. The summed E-state index contributed by atoms with van der Waals surface area (Å²) in [7, 11) is 1.74. The first-order valence-corrected chi connectivity index (χ1v) is 8.55. The van der Waals surface area contributed by atoms with Gasteiger partial charge in [-0.25, -0.2) is 4.98 Å². The maximum absolute atomic E-state index is 5.06. The summed E-state index contributed by atoms with van der Waals surface area (Å²) >= 11 is 7.06. The molecule has 20 heavy (non-hydrogen) atoms. The summed E-state index contributed by atoms with van der Waals surface area (Å²) in [6, 6.07) is 2.06. The molecule has 0 aromatic carbocycles. The van der Waals surface area contributed by atoms with Crippen molar-refractivity contribution in [1.82, 2.24) is 10.3 Å². The van der Waals surface area contributed by atoms with E-state index in [1.54, 1.807) is 7.11 Å². The van der Waals surface area contributed by atoms with Gasteiger partial charge in [-0.05, 0) is 63.2 Å². The maximum Gasteiger partial charge on any atom is 0.142 e.